The normalized spacial score (nSPS) is 20.4. The molecule has 1 unspecified atom stereocenters. The lowest BCUT2D eigenvalue weighted by atomic mass is 9.56. The molecule has 4 N–H and O–H groups in total. The minimum Gasteiger partial charge on any atom is -0.507 e. The highest BCUT2D eigenvalue weighted by atomic mass is 16.3. The van der Waals surface area contributed by atoms with Gasteiger partial charge in [-0.05, 0) is 66.6 Å². The Hall–Kier alpha value is -5.58. The number of carbonyl (C=O) groups excluding carboxylic acids is 4. The van der Waals surface area contributed by atoms with E-state index in [1.54, 1.807) is 30.3 Å². The number of hydrogen-bond acceptors (Lipinski definition) is 9. The number of para-hydroxylation sites is 1. The van der Waals surface area contributed by atoms with Crippen LogP contribution in [0.4, 0.5) is 11.5 Å². The molecule has 230 valence electrons. The second-order valence-corrected chi connectivity index (χ2v) is 12.8. The van der Waals surface area contributed by atoms with Gasteiger partial charge in [0.15, 0.2) is 5.82 Å². The second kappa shape index (κ2) is 10.2. The Labute approximate surface area is 264 Å². The number of nitrogens with two attached hydrogens (primary N) is 1. The molecule has 1 aliphatic carbocycles. The molecule has 3 aromatic carbocycles. The van der Waals surface area contributed by atoms with Gasteiger partial charge in [-0.2, -0.15) is 0 Å². The number of aromatic nitrogens is 2. The third-order valence-electron chi connectivity index (χ3n) is 9.89. The predicted octanol–water partition coefficient (Wildman–Crippen LogP) is 3.88. The fourth-order valence-electron chi connectivity index (χ4n) is 7.56. The fraction of sp³-hybridized carbons (Fsp3) is 0.257. The SMILES string of the molecule is Nc1nnc(-c2ccccc2O)cc1-c1ccc(C2CC3(C2)CN(c2cccc4c2C(=O)N(C2CCC(=O)NC2=O)C4=O)C3)cc1. The monoisotopic (exact) mass is 614 g/mol. The number of carbonyl (C=O) groups is 4. The summed E-state index contributed by atoms with van der Waals surface area (Å²) in [6.07, 6.45) is 2.25. The first-order valence-electron chi connectivity index (χ1n) is 15.3. The van der Waals surface area contributed by atoms with E-state index in [9.17, 15) is 24.3 Å². The van der Waals surface area contributed by atoms with E-state index < -0.39 is 29.7 Å². The molecule has 4 aliphatic rings. The number of imide groups is 2. The molecule has 0 bridgehead atoms. The highest BCUT2D eigenvalue weighted by Crippen LogP contribution is 2.57. The van der Waals surface area contributed by atoms with Gasteiger partial charge in [0.2, 0.25) is 11.8 Å². The molecule has 0 radical (unpaired) electrons. The molecule has 11 heteroatoms. The van der Waals surface area contributed by atoms with Gasteiger partial charge in [-0.25, -0.2) is 0 Å². The maximum Gasteiger partial charge on any atom is 0.264 e. The molecule has 4 aromatic rings. The molecule has 1 spiro atoms. The topological polar surface area (TPSA) is 159 Å². The van der Waals surface area contributed by atoms with E-state index in [1.165, 1.54) is 5.56 Å². The Balaban J connectivity index is 0.943. The maximum absolute atomic E-state index is 13.5. The molecule has 2 saturated heterocycles. The zero-order chi connectivity index (χ0) is 31.7. The van der Waals surface area contributed by atoms with Gasteiger partial charge in [0.1, 0.15) is 11.8 Å². The van der Waals surface area contributed by atoms with Gasteiger partial charge in [-0.3, -0.25) is 29.4 Å². The molecule has 3 fully saturated rings. The number of amides is 4. The molecule has 11 nitrogen and oxygen atoms in total. The lowest BCUT2D eigenvalue weighted by Crippen LogP contribution is -2.62. The van der Waals surface area contributed by atoms with Crippen LogP contribution in [0, 0.1) is 5.41 Å². The fourth-order valence-corrected chi connectivity index (χ4v) is 7.56. The largest absolute Gasteiger partial charge is 0.507 e. The summed E-state index contributed by atoms with van der Waals surface area (Å²) < 4.78 is 0. The molecular weight excluding hydrogens is 584 g/mol. The summed E-state index contributed by atoms with van der Waals surface area (Å²) in [5.74, 6) is -1.11. The number of phenols is 1. The van der Waals surface area contributed by atoms with E-state index >= 15 is 0 Å². The molecule has 3 aliphatic heterocycles. The third-order valence-corrected chi connectivity index (χ3v) is 9.89. The van der Waals surface area contributed by atoms with Crippen LogP contribution in [0.5, 0.6) is 5.75 Å². The van der Waals surface area contributed by atoms with Crippen LogP contribution in [0.15, 0.2) is 72.8 Å². The summed E-state index contributed by atoms with van der Waals surface area (Å²) in [6, 6.07) is 21.5. The Bertz CT molecular complexity index is 1960. The van der Waals surface area contributed by atoms with E-state index in [1.807, 2.05) is 30.3 Å². The summed E-state index contributed by atoms with van der Waals surface area (Å²) in [5.41, 5.74) is 11.7. The van der Waals surface area contributed by atoms with Crippen molar-refractivity contribution in [2.24, 2.45) is 5.41 Å². The van der Waals surface area contributed by atoms with Gasteiger partial charge in [-0.1, -0.05) is 42.5 Å². The molecule has 1 saturated carbocycles. The highest BCUT2D eigenvalue weighted by molar-refractivity contribution is 6.25. The lowest BCUT2D eigenvalue weighted by Gasteiger charge is -2.60. The van der Waals surface area contributed by atoms with Crippen LogP contribution in [0.2, 0.25) is 0 Å². The van der Waals surface area contributed by atoms with E-state index in [0.29, 0.717) is 34.1 Å². The van der Waals surface area contributed by atoms with Gasteiger partial charge in [0.25, 0.3) is 11.8 Å². The van der Waals surface area contributed by atoms with Crippen LogP contribution >= 0.6 is 0 Å². The van der Waals surface area contributed by atoms with Gasteiger partial charge in [0, 0.05) is 36.1 Å². The molecule has 1 aromatic heterocycles. The summed E-state index contributed by atoms with van der Waals surface area (Å²) in [7, 11) is 0. The lowest BCUT2D eigenvalue weighted by molar-refractivity contribution is -0.136. The first-order chi connectivity index (χ1) is 22.2. The van der Waals surface area contributed by atoms with Gasteiger partial charge in [0.05, 0.1) is 22.5 Å². The first kappa shape index (κ1) is 27.9. The van der Waals surface area contributed by atoms with Gasteiger partial charge in [-0.15, -0.1) is 10.2 Å². The second-order valence-electron chi connectivity index (χ2n) is 12.8. The first-order valence-corrected chi connectivity index (χ1v) is 15.3. The van der Waals surface area contributed by atoms with E-state index in [2.05, 4.69) is 32.5 Å². The zero-order valence-electron chi connectivity index (χ0n) is 24.8. The Morgan fingerprint density at radius 3 is 2.33 bits per heavy atom. The number of fused-ring (bicyclic) bond motifs is 1. The van der Waals surface area contributed by atoms with Crippen LogP contribution in [0.3, 0.4) is 0 Å². The number of anilines is 2. The van der Waals surface area contributed by atoms with Crippen LogP contribution in [0.25, 0.3) is 22.4 Å². The van der Waals surface area contributed by atoms with E-state index in [4.69, 9.17) is 5.73 Å². The number of nitrogens with zero attached hydrogens (tertiary/aromatic N) is 4. The van der Waals surface area contributed by atoms with Crippen molar-refractivity contribution in [2.45, 2.75) is 37.6 Å². The standard InChI is InChI=1S/C35H30N6O5/c36-31-24(14-25(38-39-31)22-4-1-2-7-28(22)42)20-10-8-19(9-11-20)21-15-35(16-21)17-40(18-35)26-6-3-5-23-30(26)34(46)41(33(23)45)27-12-13-29(43)37-32(27)44/h1-11,14,21,27,42H,12-13,15-18H2,(H2,36,39)(H,37,43,44). The van der Waals surface area contributed by atoms with Crippen LogP contribution in [0.1, 0.15) is 57.9 Å². The Morgan fingerprint density at radius 2 is 1.59 bits per heavy atom. The van der Waals surface area contributed by atoms with Crippen molar-refractivity contribution in [2.75, 3.05) is 23.7 Å². The average Bonchev–Trinajstić information content (AvgIpc) is 3.26. The van der Waals surface area contributed by atoms with Crippen molar-refractivity contribution in [1.29, 1.82) is 0 Å². The van der Waals surface area contributed by atoms with Crippen molar-refractivity contribution in [1.82, 2.24) is 20.4 Å². The van der Waals surface area contributed by atoms with E-state index in [-0.39, 0.29) is 24.0 Å². The molecule has 8 rings (SSSR count). The quantitative estimate of drug-likeness (QED) is 0.284. The summed E-state index contributed by atoms with van der Waals surface area (Å²) in [5, 5.41) is 20.8. The molecule has 4 amide bonds. The number of rotatable bonds is 5. The van der Waals surface area contributed by atoms with Crippen molar-refractivity contribution in [3.05, 3.63) is 89.5 Å². The minimum atomic E-state index is -0.981. The number of aromatic hydroxyl groups is 1. The Morgan fingerprint density at radius 1 is 0.848 bits per heavy atom. The van der Waals surface area contributed by atoms with Crippen molar-refractivity contribution in [3.63, 3.8) is 0 Å². The maximum atomic E-state index is 13.5. The molecule has 46 heavy (non-hydrogen) atoms. The number of nitrogens with one attached hydrogen (secondary N) is 1. The summed E-state index contributed by atoms with van der Waals surface area (Å²) in [6.45, 7) is 1.57. The smallest absolute Gasteiger partial charge is 0.264 e. The average molecular weight is 615 g/mol. The molecular formula is C35H30N6O5. The number of phenolic OH excluding ortho intramolecular Hbond substituents is 1. The summed E-state index contributed by atoms with van der Waals surface area (Å²) in [4.78, 5) is 54.0. The number of piperidine rings is 1. The van der Waals surface area contributed by atoms with Crippen molar-refractivity contribution in [3.8, 4) is 28.1 Å². The van der Waals surface area contributed by atoms with E-state index in [0.717, 1.165) is 47.6 Å². The van der Waals surface area contributed by atoms with Gasteiger partial charge < -0.3 is 15.7 Å². The van der Waals surface area contributed by atoms with Crippen LogP contribution in [-0.4, -0.2) is 63.0 Å². The predicted molar refractivity (Wildman–Crippen MR) is 169 cm³/mol. The molecule has 4 heterocycles. The van der Waals surface area contributed by atoms with Crippen LogP contribution < -0.4 is 16.0 Å². The number of hydrogen-bond donors (Lipinski definition) is 3. The minimum absolute atomic E-state index is 0.0881. The number of benzene rings is 3. The molecule has 1 atom stereocenters. The summed E-state index contributed by atoms with van der Waals surface area (Å²) >= 11 is 0. The number of nitrogen functional groups attached to an aromatic ring is 1. The zero-order valence-corrected chi connectivity index (χ0v) is 24.8. The third kappa shape index (κ3) is 4.33. The van der Waals surface area contributed by atoms with Crippen molar-refractivity contribution >= 4 is 35.1 Å². The Kier molecular flexibility index (Phi) is 6.21. The highest BCUT2D eigenvalue weighted by Gasteiger charge is 2.54. The van der Waals surface area contributed by atoms with Gasteiger partial charge >= 0.3 is 0 Å². The van der Waals surface area contributed by atoms with Crippen LogP contribution in [-0.2, 0) is 9.59 Å². The van der Waals surface area contributed by atoms with Crippen molar-refractivity contribution < 1.29 is 24.3 Å².